The van der Waals surface area contributed by atoms with Crippen LogP contribution in [0.15, 0.2) is 12.4 Å². The number of hydrogen-bond acceptors (Lipinski definition) is 4. The van der Waals surface area contributed by atoms with Crippen LogP contribution < -0.4 is 4.90 Å². The molecule has 1 aliphatic heterocycles. The monoisotopic (exact) mass is 226 g/mol. The molecule has 1 atom stereocenters. The first-order valence-corrected chi connectivity index (χ1v) is 5.43. The molecule has 0 radical (unpaired) electrons. The Morgan fingerprint density at radius 2 is 2.27 bits per heavy atom. The van der Waals surface area contributed by atoms with Crippen molar-refractivity contribution < 1.29 is 0 Å². The zero-order chi connectivity index (χ0) is 10.8. The molecule has 0 N–H and O–H groups in total. The van der Waals surface area contributed by atoms with Gasteiger partial charge in [0, 0.05) is 19.1 Å². The van der Waals surface area contributed by atoms with E-state index in [9.17, 15) is 0 Å². The summed E-state index contributed by atoms with van der Waals surface area (Å²) in [4.78, 5) is 12.8. The average molecular weight is 227 g/mol. The summed E-state index contributed by atoms with van der Waals surface area (Å²) in [6, 6.07) is 0.603. The standard InChI is InChI=1S/C10H15ClN4/c1-14(2)8-3-4-15(7-8)10-6-12-5-9(11)13-10/h5-6,8H,3-4,7H2,1-2H3. The second-order valence-electron chi connectivity index (χ2n) is 4.05. The lowest BCUT2D eigenvalue weighted by Crippen LogP contribution is -2.31. The van der Waals surface area contributed by atoms with E-state index >= 15 is 0 Å². The highest BCUT2D eigenvalue weighted by Crippen LogP contribution is 2.20. The van der Waals surface area contributed by atoms with Gasteiger partial charge in [-0.1, -0.05) is 11.6 Å². The van der Waals surface area contributed by atoms with Crippen LogP contribution in [0.25, 0.3) is 0 Å². The molecule has 1 aromatic rings. The van der Waals surface area contributed by atoms with Gasteiger partial charge in [-0.3, -0.25) is 4.98 Å². The first kappa shape index (κ1) is 10.6. The molecule has 5 heteroatoms. The zero-order valence-electron chi connectivity index (χ0n) is 9.02. The van der Waals surface area contributed by atoms with Crippen molar-refractivity contribution in [1.82, 2.24) is 14.9 Å². The van der Waals surface area contributed by atoms with Gasteiger partial charge in [0.05, 0.1) is 12.4 Å². The summed E-state index contributed by atoms with van der Waals surface area (Å²) in [5.74, 6) is 0.881. The fourth-order valence-corrected chi connectivity index (χ4v) is 2.00. The van der Waals surface area contributed by atoms with E-state index in [0.717, 1.165) is 18.9 Å². The van der Waals surface area contributed by atoms with Gasteiger partial charge in [0.25, 0.3) is 0 Å². The average Bonchev–Trinajstić information content (AvgIpc) is 2.66. The zero-order valence-corrected chi connectivity index (χ0v) is 9.78. The van der Waals surface area contributed by atoms with E-state index in [1.165, 1.54) is 6.42 Å². The molecule has 1 unspecified atom stereocenters. The van der Waals surface area contributed by atoms with Gasteiger partial charge in [0.2, 0.25) is 0 Å². The predicted octanol–water partition coefficient (Wildman–Crippen LogP) is 1.27. The van der Waals surface area contributed by atoms with Crippen LogP contribution >= 0.6 is 11.6 Å². The van der Waals surface area contributed by atoms with Gasteiger partial charge in [0.1, 0.15) is 11.0 Å². The van der Waals surface area contributed by atoms with Crippen molar-refractivity contribution in [3.05, 3.63) is 17.5 Å². The molecule has 0 bridgehead atoms. The maximum absolute atomic E-state index is 5.81. The Morgan fingerprint density at radius 1 is 1.47 bits per heavy atom. The molecule has 1 aromatic heterocycles. The van der Waals surface area contributed by atoms with Crippen molar-refractivity contribution >= 4 is 17.4 Å². The van der Waals surface area contributed by atoms with Gasteiger partial charge in [-0.15, -0.1) is 0 Å². The number of anilines is 1. The molecule has 82 valence electrons. The lowest BCUT2D eigenvalue weighted by molar-refractivity contribution is 0.315. The van der Waals surface area contributed by atoms with Crippen LogP contribution in [0.5, 0.6) is 0 Å². The summed E-state index contributed by atoms with van der Waals surface area (Å²) < 4.78 is 0. The van der Waals surface area contributed by atoms with E-state index in [2.05, 4.69) is 33.9 Å². The Balaban J connectivity index is 2.08. The SMILES string of the molecule is CN(C)C1CCN(c2cncc(Cl)n2)C1. The van der Waals surface area contributed by atoms with Gasteiger partial charge >= 0.3 is 0 Å². The molecule has 2 heterocycles. The van der Waals surface area contributed by atoms with Crippen LogP contribution in [0.3, 0.4) is 0 Å². The number of likely N-dealkylation sites (N-methyl/N-ethyl adjacent to an activating group) is 1. The Morgan fingerprint density at radius 3 is 2.87 bits per heavy atom. The maximum Gasteiger partial charge on any atom is 0.149 e. The second-order valence-corrected chi connectivity index (χ2v) is 4.44. The van der Waals surface area contributed by atoms with Crippen LogP contribution in [-0.4, -0.2) is 48.1 Å². The molecule has 4 nitrogen and oxygen atoms in total. The Bertz CT molecular complexity index is 342. The van der Waals surface area contributed by atoms with Gasteiger partial charge in [-0.2, -0.15) is 0 Å². The molecule has 0 spiro atoms. The predicted molar refractivity (Wildman–Crippen MR) is 61.3 cm³/mol. The molecule has 2 rings (SSSR count). The molecular formula is C10H15ClN4. The van der Waals surface area contributed by atoms with Gasteiger partial charge in [-0.25, -0.2) is 4.98 Å². The first-order chi connectivity index (χ1) is 7.16. The van der Waals surface area contributed by atoms with Gasteiger partial charge < -0.3 is 9.80 Å². The summed E-state index contributed by atoms with van der Waals surface area (Å²) in [5.41, 5.74) is 0. The van der Waals surface area contributed by atoms with Crippen LogP contribution in [0.1, 0.15) is 6.42 Å². The minimum Gasteiger partial charge on any atom is -0.354 e. The molecule has 15 heavy (non-hydrogen) atoms. The van der Waals surface area contributed by atoms with E-state index in [0.29, 0.717) is 11.2 Å². The quantitative estimate of drug-likeness (QED) is 0.761. The van der Waals surface area contributed by atoms with E-state index < -0.39 is 0 Å². The number of hydrogen-bond donors (Lipinski definition) is 0. The fraction of sp³-hybridized carbons (Fsp3) is 0.600. The smallest absolute Gasteiger partial charge is 0.149 e. The summed E-state index contributed by atoms with van der Waals surface area (Å²) in [6.07, 6.45) is 4.50. The van der Waals surface area contributed by atoms with Crippen molar-refractivity contribution in [1.29, 1.82) is 0 Å². The molecule has 0 aromatic carbocycles. The third-order valence-electron chi connectivity index (χ3n) is 2.81. The number of halogens is 1. The van der Waals surface area contributed by atoms with Crippen molar-refractivity contribution in [3.8, 4) is 0 Å². The highest BCUT2D eigenvalue weighted by Gasteiger charge is 2.24. The molecular weight excluding hydrogens is 212 g/mol. The third kappa shape index (κ3) is 2.38. The Hall–Kier alpha value is -0.870. The first-order valence-electron chi connectivity index (χ1n) is 5.06. The lowest BCUT2D eigenvalue weighted by Gasteiger charge is -2.20. The van der Waals surface area contributed by atoms with E-state index in [1.54, 1.807) is 12.4 Å². The van der Waals surface area contributed by atoms with E-state index in [-0.39, 0.29) is 0 Å². The molecule has 0 amide bonds. The minimum absolute atomic E-state index is 0.459. The molecule has 1 aliphatic rings. The van der Waals surface area contributed by atoms with Crippen molar-refractivity contribution in [2.45, 2.75) is 12.5 Å². The third-order valence-corrected chi connectivity index (χ3v) is 2.99. The Kier molecular flexibility index (Phi) is 3.07. The lowest BCUT2D eigenvalue weighted by atomic mass is 10.2. The molecule has 0 saturated carbocycles. The van der Waals surface area contributed by atoms with E-state index in [4.69, 9.17) is 11.6 Å². The summed E-state index contributed by atoms with van der Waals surface area (Å²) >= 11 is 5.81. The highest BCUT2D eigenvalue weighted by molar-refractivity contribution is 6.29. The molecule has 0 aliphatic carbocycles. The van der Waals surface area contributed by atoms with Gasteiger partial charge in [0.15, 0.2) is 0 Å². The fourth-order valence-electron chi connectivity index (χ4n) is 1.86. The summed E-state index contributed by atoms with van der Waals surface area (Å²) in [7, 11) is 4.22. The van der Waals surface area contributed by atoms with Crippen molar-refractivity contribution in [2.24, 2.45) is 0 Å². The number of rotatable bonds is 2. The highest BCUT2D eigenvalue weighted by atomic mass is 35.5. The number of nitrogens with zero attached hydrogens (tertiary/aromatic N) is 4. The molecule has 1 saturated heterocycles. The van der Waals surface area contributed by atoms with Gasteiger partial charge in [-0.05, 0) is 20.5 Å². The van der Waals surface area contributed by atoms with Crippen LogP contribution in [0.4, 0.5) is 5.82 Å². The van der Waals surface area contributed by atoms with E-state index in [1.807, 2.05) is 0 Å². The van der Waals surface area contributed by atoms with Crippen LogP contribution in [-0.2, 0) is 0 Å². The second kappa shape index (κ2) is 4.33. The Labute approximate surface area is 94.9 Å². The minimum atomic E-state index is 0.459. The van der Waals surface area contributed by atoms with Crippen LogP contribution in [0.2, 0.25) is 5.15 Å². The normalized spacial score (nSPS) is 21.3. The maximum atomic E-state index is 5.81. The van der Waals surface area contributed by atoms with Crippen molar-refractivity contribution in [3.63, 3.8) is 0 Å². The topological polar surface area (TPSA) is 32.3 Å². The largest absolute Gasteiger partial charge is 0.354 e. The molecule has 1 fully saturated rings. The van der Waals surface area contributed by atoms with Crippen molar-refractivity contribution in [2.75, 3.05) is 32.1 Å². The summed E-state index contributed by atoms with van der Waals surface area (Å²) in [5, 5.41) is 0.459. The van der Waals surface area contributed by atoms with Crippen LogP contribution in [0, 0.1) is 0 Å². The summed E-state index contributed by atoms with van der Waals surface area (Å²) in [6.45, 7) is 2.03. The number of aromatic nitrogens is 2.